The average molecular weight is 588 g/mol. The fraction of sp³-hybridized carbons (Fsp3) is 0.304. The van der Waals surface area contributed by atoms with Gasteiger partial charge in [0.2, 0.25) is 15.9 Å². The molecule has 13 heteroatoms. The molecule has 2 N–H and O–H groups in total. The molecule has 3 aromatic rings. The molecule has 3 heterocycles. The number of fused-ring (bicyclic) bond motifs is 1. The standard InChI is InChI=1S/C23H20BrF3N4O4S/c1-35-22-18(9-8-17(29-22)21(32)30-36(33,34)15-6-7-15)28-10-2-4-14-12-19-16(24)5-3-11-31(19)20(14)13-23(25,26)27/h3,5,8-9,11-12,15,28H,6-7,10,13H2,1H3,(H,30,32)/i1D3. The zero-order chi connectivity index (χ0) is 28.6. The molecular formula is C23H20BrF3N4O4S. The maximum atomic E-state index is 13.2. The van der Waals surface area contributed by atoms with Gasteiger partial charge < -0.3 is 14.5 Å². The molecule has 3 aromatic heterocycles. The summed E-state index contributed by atoms with van der Waals surface area (Å²) in [6, 6.07) is 7.23. The van der Waals surface area contributed by atoms with Gasteiger partial charge in [-0.2, -0.15) is 13.2 Å². The lowest BCUT2D eigenvalue weighted by Gasteiger charge is -2.10. The SMILES string of the molecule is [2H]C([2H])([2H])Oc1nc(C(=O)NS(=O)(=O)C2CC2)ccc1NCC#Cc1cc2c(Br)cccn2c1CC(F)(F)F. The lowest BCUT2D eigenvalue weighted by Crippen LogP contribution is -2.33. The molecule has 0 spiro atoms. The number of amides is 1. The number of sulfonamides is 1. The fourth-order valence-corrected chi connectivity index (χ4v) is 5.14. The summed E-state index contributed by atoms with van der Waals surface area (Å²) in [7, 11) is -6.81. The van der Waals surface area contributed by atoms with Gasteiger partial charge in [0.1, 0.15) is 5.69 Å². The smallest absolute Gasteiger partial charge is 0.394 e. The Balaban J connectivity index is 1.56. The first-order valence-electron chi connectivity index (χ1n) is 12.0. The molecule has 0 bridgehead atoms. The second kappa shape index (κ2) is 10.0. The Hall–Kier alpha value is -3.24. The summed E-state index contributed by atoms with van der Waals surface area (Å²) in [6.07, 6.45) is -3.30. The van der Waals surface area contributed by atoms with E-state index in [1.165, 1.54) is 28.8 Å². The van der Waals surface area contributed by atoms with Gasteiger partial charge in [-0.05, 0) is 59.1 Å². The minimum absolute atomic E-state index is 0.0160. The van der Waals surface area contributed by atoms with Gasteiger partial charge in [-0.15, -0.1) is 0 Å². The van der Waals surface area contributed by atoms with Crippen molar-refractivity contribution < 1.29 is 35.2 Å². The number of alkyl halides is 3. The van der Waals surface area contributed by atoms with Crippen molar-refractivity contribution in [2.45, 2.75) is 30.7 Å². The van der Waals surface area contributed by atoms with Crippen LogP contribution in [-0.2, 0) is 16.4 Å². The first-order valence-corrected chi connectivity index (χ1v) is 12.8. The van der Waals surface area contributed by atoms with E-state index in [1.54, 1.807) is 12.1 Å². The van der Waals surface area contributed by atoms with Crippen molar-refractivity contribution >= 4 is 43.1 Å². The number of carbonyl (C=O) groups excluding carboxylic acids is 1. The van der Waals surface area contributed by atoms with Crippen molar-refractivity contribution in [2.24, 2.45) is 0 Å². The number of hydrogen-bond acceptors (Lipinski definition) is 6. The van der Waals surface area contributed by atoms with E-state index < -0.39 is 52.4 Å². The van der Waals surface area contributed by atoms with Gasteiger partial charge >= 0.3 is 6.18 Å². The number of pyridine rings is 2. The van der Waals surface area contributed by atoms with Crippen molar-refractivity contribution in [3.8, 4) is 17.7 Å². The Labute approximate surface area is 217 Å². The highest BCUT2D eigenvalue weighted by Crippen LogP contribution is 2.29. The van der Waals surface area contributed by atoms with E-state index >= 15 is 0 Å². The first-order chi connectivity index (χ1) is 18.1. The molecule has 1 amide bonds. The molecule has 0 aliphatic heterocycles. The fourth-order valence-electron chi connectivity index (χ4n) is 3.40. The molecule has 0 saturated heterocycles. The maximum absolute atomic E-state index is 13.2. The summed E-state index contributed by atoms with van der Waals surface area (Å²) in [6.45, 7) is -0.153. The number of methoxy groups -OCH3 is 1. The van der Waals surface area contributed by atoms with Crippen molar-refractivity contribution in [1.82, 2.24) is 14.1 Å². The third kappa shape index (κ3) is 5.93. The van der Waals surface area contributed by atoms with Crippen LogP contribution in [-0.4, -0.2) is 48.7 Å². The molecule has 0 unspecified atom stereocenters. The summed E-state index contributed by atoms with van der Waals surface area (Å²) in [5.74, 6) is 3.84. The average Bonchev–Trinajstić information content (AvgIpc) is 3.61. The number of halogens is 4. The number of anilines is 1. The topological polar surface area (TPSA) is 102 Å². The van der Waals surface area contributed by atoms with Crippen LogP contribution in [0, 0.1) is 11.8 Å². The van der Waals surface area contributed by atoms with Crippen molar-refractivity contribution in [1.29, 1.82) is 0 Å². The number of aromatic nitrogens is 2. The second-order valence-corrected chi connectivity index (χ2v) is 10.7. The predicted molar refractivity (Wildman–Crippen MR) is 130 cm³/mol. The number of carbonyl (C=O) groups is 1. The summed E-state index contributed by atoms with van der Waals surface area (Å²) in [5.41, 5.74) is 0.238. The minimum atomic E-state index is -4.47. The van der Waals surface area contributed by atoms with Gasteiger partial charge in [0.15, 0.2) is 0 Å². The van der Waals surface area contributed by atoms with Crippen LogP contribution >= 0.6 is 15.9 Å². The molecule has 1 saturated carbocycles. The highest BCUT2D eigenvalue weighted by atomic mass is 79.9. The molecule has 1 fully saturated rings. The van der Waals surface area contributed by atoms with Crippen LogP contribution in [0.5, 0.6) is 5.88 Å². The lowest BCUT2D eigenvalue weighted by molar-refractivity contribution is -0.128. The van der Waals surface area contributed by atoms with E-state index in [0.717, 1.165) is 0 Å². The Morgan fingerprint density at radius 1 is 1.36 bits per heavy atom. The van der Waals surface area contributed by atoms with Crippen LogP contribution < -0.4 is 14.8 Å². The molecule has 36 heavy (non-hydrogen) atoms. The molecule has 0 atom stereocenters. The predicted octanol–water partition coefficient (Wildman–Crippen LogP) is 3.90. The summed E-state index contributed by atoms with van der Waals surface area (Å²) in [4.78, 5) is 16.2. The number of ether oxygens (including phenoxy) is 1. The van der Waals surface area contributed by atoms with Crippen LogP contribution in [0.25, 0.3) is 5.52 Å². The van der Waals surface area contributed by atoms with Gasteiger partial charge in [-0.1, -0.05) is 11.8 Å². The zero-order valence-electron chi connectivity index (χ0n) is 21.3. The van der Waals surface area contributed by atoms with E-state index in [9.17, 15) is 26.4 Å². The monoisotopic (exact) mass is 587 g/mol. The van der Waals surface area contributed by atoms with Crippen molar-refractivity contribution in [2.75, 3.05) is 18.9 Å². The molecule has 190 valence electrons. The van der Waals surface area contributed by atoms with Crippen LogP contribution in [0.15, 0.2) is 41.0 Å². The Bertz CT molecular complexity index is 1590. The van der Waals surface area contributed by atoms with Crippen LogP contribution in [0.3, 0.4) is 0 Å². The van der Waals surface area contributed by atoms with Gasteiger partial charge in [0, 0.05) is 21.9 Å². The Morgan fingerprint density at radius 2 is 2.14 bits per heavy atom. The van der Waals surface area contributed by atoms with Crippen LogP contribution in [0.2, 0.25) is 0 Å². The highest BCUT2D eigenvalue weighted by Gasteiger charge is 2.37. The molecule has 0 radical (unpaired) electrons. The van der Waals surface area contributed by atoms with Gasteiger partial charge in [0.05, 0.1) is 40.6 Å². The third-order valence-electron chi connectivity index (χ3n) is 5.21. The lowest BCUT2D eigenvalue weighted by atomic mass is 10.2. The van der Waals surface area contributed by atoms with E-state index in [1.807, 2.05) is 4.72 Å². The Kier molecular flexibility index (Phi) is 6.12. The zero-order valence-corrected chi connectivity index (χ0v) is 20.7. The quantitative estimate of drug-likeness (QED) is 0.407. The molecule has 8 nitrogen and oxygen atoms in total. The number of rotatable bonds is 7. The number of nitrogens with zero attached hydrogens (tertiary/aromatic N) is 2. The van der Waals surface area contributed by atoms with Crippen molar-refractivity contribution in [3.05, 3.63) is 58.0 Å². The number of nitrogens with one attached hydrogen (secondary N) is 2. The maximum Gasteiger partial charge on any atom is 0.394 e. The summed E-state index contributed by atoms with van der Waals surface area (Å²) < 4.78 is 94.6. The molecule has 1 aliphatic carbocycles. The van der Waals surface area contributed by atoms with E-state index in [4.69, 9.17) is 8.85 Å². The largest absolute Gasteiger partial charge is 0.480 e. The van der Waals surface area contributed by atoms with Gasteiger partial charge in [-0.3, -0.25) is 4.79 Å². The molecule has 1 aliphatic rings. The van der Waals surface area contributed by atoms with Crippen LogP contribution in [0.4, 0.5) is 18.9 Å². The summed E-state index contributed by atoms with van der Waals surface area (Å²) >= 11 is 3.32. The van der Waals surface area contributed by atoms with Gasteiger partial charge in [0.25, 0.3) is 5.91 Å². The third-order valence-corrected chi connectivity index (χ3v) is 7.70. The van der Waals surface area contributed by atoms with E-state index in [-0.39, 0.29) is 23.5 Å². The second-order valence-electron chi connectivity index (χ2n) is 7.89. The Morgan fingerprint density at radius 3 is 2.83 bits per heavy atom. The van der Waals surface area contributed by atoms with Crippen LogP contribution in [0.1, 0.15) is 38.7 Å². The summed E-state index contributed by atoms with van der Waals surface area (Å²) in [5, 5.41) is 2.11. The normalized spacial score (nSPS) is 15.3. The minimum Gasteiger partial charge on any atom is -0.480 e. The van der Waals surface area contributed by atoms with Gasteiger partial charge in [-0.25, -0.2) is 18.1 Å². The first kappa shape index (κ1) is 22.0. The molecule has 0 aromatic carbocycles. The molecule has 4 rings (SSSR count). The van der Waals surface area contributed by atoms with E-state index in [2.05, 4.69) is 38.1 Å². The highest BCUT2D eigenvalue weighted by molar-refractivity contribution is 9.10. The van der Waals surface area contributed by atoms with E-state index in [0.29, 0.717) is 22.8 Å². The number of hydrogen-bond donors (Lipinski definition) is 2. The van der Waals surface area contributed by atoms with Crippen molar-refractivity contribution in [3.63, 3.8) is 0 Å². The molecular weight excluding hydrogens is 565 g/mol.